The summed E-state index contributed by atoms with van der Waals surface area (Å²) in [5, 5.41) is 8.84. The molecular formula is C15H23NO2. The molecule has 3 heteroatoms. The van der Waals surface area contributed by atoms with Gasteiger partial charge >= 0.3 is 0 Å². The Bertz CT molecular complexity index is 351. The Hall–Kier alpha value is -1.19. The van der Waals surface area contributed by atoms with Crippen molar-refractivity contribution in [2.24, 2.45) is 5.92 Å². The Morgan fingerprint density at radius 1 is 1.33 bits per heavy atom. The Morgan fingerprint density at radius 2 is 2.00 bits per heavy atom. The molecule has 0 aliphatic carbocycles. The molecule has 0 saturated heterocycles. The van der Waals surface area contributed by atoms with Gasteiger partial charge in [0.25, 0.3) is 0 Å². The molecule has 0 aromatic heterocycles. The van der Waals surface area contributed by atoms with E-state index in [9.17, 15) is 4.79 Å². The summed E-state index contributed by atoms with van der Waals surface area (Å²) in [4.78, 5) is 14.4. The molecule has 18 heavy (non-hydrogen) atoms. The first-order valence-corrected chi connectivity index (χ1v) is 6.61. The van der Waals surface area contributed by atoms with Crippen LogP contribution < -0.4 is 0 Å². The number of rotatable bonds is 8. The average molecular weight is 249 g/mol. The third kappa shape index (κ3) is 4.59. The smallest absolute Gasteiger partial charge is 0.166 e. The zero-order valence-corrected chi connectivity index (χ0v) is 11.3. The van der Waals surface area contributed by atoms with E-state index in [1.807, 2.05) is 37.3 Å². The number of ketones is 1. The molecule has 0 saturated carbocycles. The second-order valence-corrected chi connectivity index (χ2v) is 4.60. The summed E-state index contributed by atoms with van der Waals surface area (Å²) in [6.07, 6.45) is 0.764. The first kappa shape index (κ1) is 14.9. The lowest BCUT2D eigenvalue weighted by molar-refractivity contribution is 0.0893. The minimum atomic E-state index is -0.00829. The highest BCUT2D eigenvalue weighted by Gasteiger charge is 2.17. The molecule has 1 N–H and O–H groups in total. The normalized spacial score (nSPS) is 12.7. The molecule has 1 rings (SSSR count). The zero-order chi connectivity index (χ0) is 13.4. The SMILES string of the molecule is CCN(CCCO)CC(C)C(=O)c1ccccc1. The summed E-state index contributed by atoms with van der Waals surface area (Å²) < 4.78 is 0. The summed E-state index contributed by atoms with van der Waals surface area (Å²) in [6, 6.07) is 9.43. The third-order valence-corrected chi connectivity index (χ3v) is 3.12. The number of benzene rings is 1. The molecule has 0 spiro atoms. The third-order valence-electron chi connectivity index (χ3n) is 3.12. The number of carbonyl (C=O) groups is 1. The van der Waals surface area contributed by atoms with E-state index in [4.69, 9.17) is 5.11 Å². The monoisotopic (exact) mass is 249 g/mol. The van der Waals surface area contributed by atoms with Crippen molar-refractivity contribution in [3.63, 3.8) is 0 Å². The Morgan fingerprint density at radius 3 is 2.56 bits per heavy atom. The number of Topliss-reactive ketones (excluding diaryl/α,β-unsaturated/α-hetero) is 1. The van der Waals surface area contributed by atoms with Crippen molar-refractivity contribution in [2.45, 2.75) is 20.3 Å². The number of aliphatic hydroxyl groups is 1. The van der Waals surface area contributed by atoms with Crippen molar-refractivity contribution < 1.29 is 9.90 Å². The van der Waals surface area contributed by atoms with Crippen LogP contribution in [0.2, 0.25) is 0 Å². The molecule has 0 fully saturated rings. The lowest BCUT2D eigenvalue weighted by Gasteiger charge is -2.23. The van der Waals surface area contributed by atoms with Gasteiger partial charge in [-0.15, -0.1) is 0 Å². The van der Waals surface area contributed by atoms with Crippen molar-refractivity contribution in [1.29, 1.82) is 0 Å². The fraction of sp³-hybridized carbons (Fsp3) is 0.533. The van der Waals surface area contributed by atoms with Crippen molar-refractivity contribution in [1.82, 2.24) is 4.90 Å². The summed E-state index contributed by atoms with van der Waals surface area (Å²) in [7, 11) is 0. The fourth-order valence-corrected chi connectivity index (χ4v) is 2.03. The molecule has 1 aromatic carbocycles. The molecule has 0 aliphatic rings. The van der Waals surface area contributed by atoms with Gasteiger partial charge in [-0.2, -0.15) is 0 Å². The molecule has 3 nitrogen and oxygen atoms in total. The highest BCUT2D eigenvalue weighted by Crippen LogP contribution is 2.10. The van der Waals surface area contributed by atoms with Crippen molar-refractivity contribution in [3.8, 4) is 0 Å². The predicted molar refractivity (Wildman–Crippen MR) is 73.8 cm³/mol. The number of nitrogens with zero attached hydrogens (tertiary/aromatic N) is 1. The van der Waals surface area contributed by atoms with Crippen LogP contribution in [-0.4, -0.2) is 42.0 Å². The second-order valence-electron chi connectivity index (χ2n) is 4.60. The zero-order valence-electron chi connectivity index (χ0n) is 11.3. The van der Waals surface area contributed by atoms with E-state index in [1.54, 1.807) is 0 Å². The average Bonchev–Trinajstić information content (AvgIpc) is 2.43. The maximum Gasteiger partial charge on any atom is 0.166 e. The Kier molecular flexibility index (Phi) is 6.61. The van der Waals surface area contributed by atoms with Gasteiger partial charge in [-0.3, -0.25) is 4.79 Å². The molecule has 0 heterocycles. The van der Waals surface area contributed by atoms with Gasteiger partial charge in [0.15, 0.2) is 5.78 Å². The maximum absolute atomic E-state index is 12.2. The highest BCUT2D eigenvalue weighted by atomic mass is 16.3. The van der Waals surface area contributed by atoms with Gasteiger partial charge in [0.1, 0.15) is 0 Å². The van der Waals surface area contributed by atoms with E-state index in [1.165, 1.54) is 0 Å². The molecule has 0 bridgehead atoms. The van der Waals surface area contributed by atoms with E-state index in [0.29, 0.717) is 0 Å². The number of aliphatic hydroxyl groups excluding tert-OH is 1. The van der Waals surface area contributed by atoms with Crippen LogP contribution in [0.5, 0.6) is 0 Å². The molecule has 1 atom stereocenters. The van der Waals surface area contributed by atoms with Crippen LogP contribution in [0.25, 0.3) is 0 Å². The van der Waals surface area contributed by atoms with E-state index < -0.39 is 0 Å². The maximum atomic E-state index is 12.2. The van der Waals surface area contributed by atoms with E-state index >= 15 is 0 Å². The standard InChI is InChI=1S/C15H23NO2/c1-3-16(10-7-11-17)12-13(2)15(18)14-8-5-4-6-9-14/h4-6,8-9,13,17H,3,7,10-12H2,1-2H3. The Balaban J connectivity index is 2.53. The number of carbonyl (C=O) groups excluding carboxylic acids is 1. The van der Waals surface area contributed by atoms with Gasteiger partial charge in [-0.1, -0.05) is 44.2 Å². The molecule has 0 radical (unpaired) electrons. The first-order chi connectivity index (χ1) is 8.69. The van der Waals surface area contributed by atoms with Crippen molar-refractivity contribution >= 4 is 5.78 Å². The largest absolute Gasteiger partial charge is 0.396 e. The quantitative estimate of drug-likeness (QED) is 0.718. The minimum absolute atomic E-state index is 0.00829. The van der Waals surface area contributed by atoms with E-state index in [-0.39, 0.29) is 18.3 Å². The van der Waals surface area contributed by atoms with Crippen molar-refractivity contribution in [3.05, 3.63) is 35.9 Å². The van der Waals surface area contributed by atoms with E-state index in [2.05, 4.69) is 11.8 Å². The lowest BCUT2D eigenvalue weighted by Crippen LogP contribution is -2.33. The number of hydrogen-bond acceptors (Lipinski definition) is 3. The van der Waals surface area contributed by atoms with Gasteiger partial charge in [0, 0.05) is 31.2 Å². The predicted octanol–water partition coefficient (Wildman–Crippen LogP) is 2.21. The van der Waals surface area contributed by atoms with Crippen LogP contribution in [-0.2, 0) is 0 Å². The highest BCUT2D eigenvalue weighted by molar-refractivity contribution is 5.97. The van der Waals surface area contributed by atoms with Crippen LogP contribution >= 0.6 is 0 Å². The molecule has 0 aliphatic heterocycles. The van der Waals surface area contributed by atoms with E-state index in [0.717, 1.165) is 31.6 Å². The van der Waals surface area contributed by atoms with Gasteiger partial charge in [-0.05, 0) is 13.0 Å². The summed E-state index contributed by atoms with van der Waals surface area (Å²) in [5.41, 5.74) is 0.781. The fourth-order valence-electron chi connectivity index (χ4n) is 2.03. The van der Waals surface area contributed by atoms with Gasteiger partial charge < -0.3 is 10.0 Å². The summed E-state index contributed by atoms with van der Waals surface area (Å²) in [5.74, 6) is 0.184. The van der Waals surface area contributed by atoms with Crippen LogP contribution in [0.15, 0.2) is 30.3 Å². The van der Waals surface area contributed by atoms with Crippen LogP contribution in [0, 0.1) is 5.92 Å². The molecule has 1 unspecified atom stereocenters. The van der Waals surface area contributed by atoms with Crippen LogP contribution in [0.3, 0.4) is 0 Å². The summed E-state index contributed by atoms with van der Waals surface area (Å²) in [6.45, 7) is 6.77. The lowest BCUT2D eigenvalue weighted by atomic mass is 9.99. The molecule has 0 amide bonds. The van der Waals surface area contributed by atoms with Crippen LogP contribution in [0.4, 0.5) is 0 Å². The minimum Gasteiger partial charge on any atom is -0.396 e. The summed E-state index contributed by atoms with van der Waals surface area (Å²) >= 11 is 0. The van der Waals surface area contributed by atoms with Gasteiger partial charge in [0.05, 0.1) is 0 Å². The molecule has 100 valence electrons. The Labute approximate surface area is 109 Å². The molecular weight excluding hydrogens is 226 g/mol. The number of hydrogen-bond donors (Lipinski definition) is 1. The van der Waals surface area contributed by atoms with Gasteiger partial charge in [-0.25, -0.2) is 0 Å². The van der Waals surface area contributed by atoms with Gasteiger partial charge in [0.2, 0.25) is 0 Å². The topological polar surface area (TPSA) is 40.5 Å². The van der Waals surface area contributed by atoms with Crippen molar-refractivity contribution in [2.75, 3.05) is 26.2 Å². The second kappa shape index (κ2) is 8.01. The van der Waals surface area contributed by atoms with Crippen LogP contribution in [0.1, 0.15) is 30.6 Å². The first-order valence-electron chi connectivity index (χ1n) is 6.61. The molecule has 1 aromatic rings.